The van der Waals surface area contributed by atoms with E-state index in [0.29, 0.717) is 24.7 Å². The maximum Gasteiger partial charge on any atom is 0.264 e. The second-order valence-corrected chi connectivity index (χ2v) is 11.4. The van der Waals surface area contributed by atoms with E-state index in [4.69, 9.17) is 9.47 Å². The monoisotopic (exact) mass is 599 g/mol. The van der Waals surface area contributed by atoms with E-state index in [9.17, 15) is 22.4 Å². The molecule has 226 valence electrons. The molecule has 0 saturated heterocycles. The van der Waals surface area contributed by atoms with E-state index in [2.05, 4.69) is 5.32 Å². The predicted octanol–water partition coefficient (Wildman–Crippen LogP) is 4.76. The van der Waals surface area contributed by atoms with E-state index in [1.54, 1.807) is 50.4 Å². The summed E-state index contributed by atoms with van der Waals surface area (Å²) in [6, 6.07) is 16.8. The van der Waals surface area contributed by atoms with E-state index >= 15 is 0 Å². The Labute approximate surface area is 247 Å². The number of sulfonamides is 1. The number of unbranched alkanes of at least 4 members (excludes halogenated alkanes) is 1. The highest BCUT2D eigenvalue weighted by Crippen LogP contribution is 2.27. The number of hydrogen-bond donors (Lipinski definition) is 1. The molecule has 1 N–H and O–H groups in total. The molecule has 0 aliphatic rings. The molecule has 0 unspecified atom stereocenters. The molecule has 3 rings (SSSR count). The first kappa shape index (κ1) is 32.4. The van der Waals surface area contributed by atoms with Gasteiger partial charge in [-0.2, -0.15) is 0 Å². The third kappa shape index (κ3) is 8.45. The van der Waals surface area contributed by atoms with Gasteiger partial charge in [0.1, 0.15) is 29.9 Å². The second-order valence-electron chi connectivity index (χ2n) is 9.58. The van der Waals surface area contributed by atoms with Crippen LogP contribution in [0, 0.1) is 5.82 Å². The molecule has 3 aromatic rings. The number of anilines is 1. The number of methoxy groups -OCH3 is 1. The van der Waals surface area contributed by atoms with E-state index < -0.39 is 34.3 Å². The summed E-state index contributed by atoms with van der Waals surface area (Å²) in [5, 5.41) is 2.85. The van der Waals surface area contributed by atoms with Gasteiger partial charge in [-0.15, -0.1) is 0 Å². The Kier molecular flexibility index (Phi) is 11.7. The molecule has 3 aromatic carbocycles. The minimum absolute atomic E-state index is 0.0545. The average Bonchev–Trinajstić information content (AvgIpc) is 2.99. The number of halogens is 1. The molecule has 0 fully saturated rings. The number of benzene rings is 3. The number of carbonyl (C=O) groups is 2. The first-order chi connectivity index (χ1) is 20.1. The van der Waals surface area contributed by atoms with Gasteiger partial charge in [-0.1, -0.05) is 25.5 Å². The molecule has 42 heavy (non-hydrogen) atoms. The third-order valence-electron chi connectivity index (χ3n) is 6.63. The van der Waals surface area contributed by atoms with Crippen molar-refractivity contribution in [3.63, 3.8) is 0 Å². The summed E-state index contributed by atoms with van der Waals surface area (Å²) >= 11 is 0. The quantitative estimate of drug-likeness (QED) is 0.253. The SMILES string of the molecule is CCCCNC(=O)[C@@H](C)N(Cc1ccc(OC)cc1)C(=O)CN(c1ccc(OCC)cc1)S(=O)(=O)c1ccc(F)cc1. The Bertz CT molecular complexity index is 1410. The van der Waals surface area contributed by atoms with E-state index in [1.807, 2.05) is 13.8 Å². The summed E-state index contributed by atoms with van der Waals surface area (Å²) in [4.78, 5) is 28.2. The van der Waals surface area contributed by atoms with Crippen LogP contribution in [0.3, 0.4) is 0 Å². The first-order valence-electron chi connectivity index (χ1n) is 13.8. The van der Waals surface area contributed by atoms with Crippen LogP contribution in [0.15, 0.2) is 77.7 Å². The van der Waals surface area contributed by atoms with Crippen LogP contribution >= 0.6 is 0 Å². The zero-order chi connectivity index (χ0) is 30.7. The summed E-state index contributed by atoms with van der Waals surface area (Å²) in [5.41, 5.74) is 0.937. The molecular formula is C31H38FN3O6S. The molecule has 11 heteroatoms. The normalized spacial score (nSPS) is 11.8. The van der Waals surface area contributed by atoms with Crippen molar-refractivity contribution >= 4 is 27.5 Å². The predicted molar refractivity (Wildman–Crippen MR) is 159 cm³/mol. The molecule has 0 spiro atoms. The number of nitrogens with zero attached hydrogens (tertiary/aromatic N) is 2. The van der Waals surface area contributed by atoms with Crippen LogP contribution in [-0.4, -0.2) is 58.0 Å². The van der Waals surface area contributed by atoms with Gasteiger partial charge in [-0.3, -0.25) is 13.9 Å². The van der Waals surface area contributed by atoms with Gasteiger partial charge in [0.05, 0.1) is 24.3 Å². The van der Waals surface area contributed by atoms with Crippen LogP contribution in [0.4, 0.5) is 10.1 Å². The van der Waals surface area contributed by atoms with Gasteiger partial charge in [-0.25, -0.2) is 12.8 Å². The molecule has 0 aliphatic carbocycles. The average molecular weight is 600 g/mol. The summed E-state index contributed by atoms with van der Waals surface area (Å²) in [7, 11) is -2.76. The van der Waals surface area contributed by atoms with Gasteiger partial charge in [0.15, 0.2) is 0 Å². The maximum atomic E-state index is 14.0. The molecule has 0 aliphatic heterocycles. The Morgan fingerprint density at radius 3 is 2.12 bits per heavy atom. The van der Waals surface area contributed by atoms with Crippen LogP contribution in [-0.2, 0) is 26.2 Å². The summed E-state index contributed by atoms with van der Waals surface area (Å²) in [6.45, 7) is 5.78. The van der Waals surface area contributed by atoms with Crippen molar-refractivity contribution in [2.75, 3.05) is 31.1 Å². The largest absolute Gasteiger partial charge is 0.497 e. The highest BCUT2D eigenvalue weighted by atomic mass is 32.2. The van der Waals surface area contributed by atoms with Crippen LogP contribution in [0.25, 0.3) is 0 Å². The van der Waals surface area contributed by atoms with Crippen molar-refractivity contribution in [2.45, 2.75) is 51.1 Å². The molecular weight excluding hydrogens is 561 g/mol. The highest BCUT2D eigenvalue weighted by molar-refractivity contribution is 7.92. The molecule has 0 heterocycles. The zero-order valence-electron chi connectivity index (χ0n) is 24.4. The lowest BCUT2D eigenvalue weighted by molar-refractivity contribution is -0.139. The lowest BCUT2D eigenvalue weighted by atomic mass is 10.1. The molecule has 1 atom stereocenters. The third-order valence-corrected chi connectivity index (χ3v) is 8.41. The van der Waals surface area contributed by atoms with E-state index in [1.165, 1.54) is 17.0 Å². The van der Waals surface area contributed by atoms with Gasteiger partial charge in [0, 0.05) is 13.1 Å². The Balaban J connectivity index is 2.00. The Hall–Kier alpha value is -4.12. The molecule has 0 saturated carbocycles. The van der Waals surface area contributed by atoms with Crippen molar-refractivity contribution in [3.8, 4) is 11.5 Å². The van der Waals surface area contributed by atoms with Gasteiger partial charge in [0.25, 0.3) is 10.0 Å². The summed E-state index contributed by atoms with van der Waals surface area (Å²) in [5.74, 6) is -0.367. The first-order valence-corrected chi connectivity index (χ1v) is 15.3. The Morgan fingerprint density at radius 1 is 0.929 bits per heavy atom. The fraction of sp³-hybridized carbons (Fsp3) is 0.355. The lowest BCUT2D eigenvalue weighted by Crippen LogP contribution is -2.51. The minimum atomic E-state index is -4.31. The van der Waals surface area contributed by atoms with Crippen LogP contribution in [0.2, 0.25) is 0 Å². The highest BCUT2D eigenvalue weighted by Gasteiger charge is 2.32. The maximum absolute atomic E-state index is 14.0. The number of nitrogens with one attached hydrogen (secondary N) is 1. The van der Waals surface area contributed by atoms with Crippen molar-refractivity contribution in [1.29, 1.82) is 0 Å². The topological polar surface area (TPSA) is 105 Å². The van der Waals surface area contributed by atoms with Crippen molar-refractivity contribution in [2.24, 2.45) is 0 Å². The number of carbonyl (C=O) groups excluding carboxylic acids is 2. The van der Waals surface area contributed by atoms with Crippen LogP contribution in [0.1, 0.15) is 39.2 Å². The number of hydrogen-bond acceptors (Lipinski definition) is 6. The van der Waals surface area contributed by atoms with Gasteiger partial charge >= 0.3 is 0 Å². The van der Waals surface area contributed by atoms with Gasteiger partial charge < -0.3 is 19.7 Å². The summed E-state index contributed by atoms with van der Waals surface area (Å²) < 4.78 is 53.0. The van der Waals surface area contributed by atoms with Crippen molar-refractivity contribution < 1.29 is 31.9 Å². The minimum Gasteiger partial charge on any atom is -0.497 e. The van der Waals surface area contributed by atoms with E-state index in [-0.39, 0.29) is 23.0 Å². The second kappa shape index (κ2) is 15.2. The van der Waals surface area contributed by atoms with Crippen molar-refractivity contribution in [3.05, 3.63) is 84.2 Å². The van der Waals surface area contributed by atoms with Crippen LogP contribution in [0.5, 0.6) is 11.5 Å². The molecule has 0 bridgehead atoms. The summed E-state index contributed by atoms with van der Waals surface area (Å²) in [6.07, 6.45) is 1.67. The smallest absolute Gasteiger partial charge is 0.264 e. The lowest BCUT2D eigenvalue weighted by Gasteiger charge is -2.32. The fourth-order valence-corrected chi connectivity index (χ4v) is 5.60. The van der Waals surface area contributed by atoms with Crippen LogP contribution < -0.4 is 19.1 Å². The number of rotatable bonds is 15. The number of ether oxygens (including phenoxy) is 2. The van der Waals surface area contributed by atoms with Gasteiger partial charge in [-0.05, 0) is 86.5 Å². The fourth-order valence-electron chi connectivity index (χ4n) is 4.18. The Morgan fingerprint density at radius 2 is 1.55 bits per heavy atom. The van der Waals surface area contributed by atoms with E-state index in [0.717, 1.165) is 47.0 Å². The molecule has 0 radical (unpaired) electrons. The zero-order valence-corrected chi connectivity index (χ0v) is 25.2. The molecule has 2 amide bonds. The molecule has 0 aromatic heterocycles. The van der Waals surface area contributed by atoms with Gasteiger partial charge in [0.2, 0.25) is 11.8 Å². The number of amides is 2. The van der Waals surface area contributed by atoms with Crippen molar-refractivity contribution in [1.82, 2.24) is 10.2 Å². The standard InChI is InChI=1S/C31H38FN3O6S/c1-5-7-20-33-31(37)23(3)34(21-24-8-14-27(40-4)15-9-24)30(36)22-35(26-12-16-28(17-13-26)41-6-2)42(38,39)29-18-10-25(32)11-19-29/h8-19,23H,5-7,20-22H2,1-4H3,(H,33,37)/t23-/m1/s1. The molecule has 9 nitrogen and oxygen atoms in total.